The van der Waals surface area contributed by atoms with Gasteiger partial charge in [-0.05, 0) is 37.0 Å². The number of benzene rings is 3. The van der Waals surface area contributed by atoms with Crippen molar-refractivity contribution in [3.8, 4) is 40.2 Å². The van der Waals surface area contributed by atoms with Crippen molar-refractivity contribution in [2.75, 3.05) is 19.8 Å². The van der Waals surface area contributed by atoms with E-state index in [9.17, 15) is 17.6 Å². The maximum atomic E-state index is 15.2. The minimum Gasteiger partial charge on any atom is -0.493 e. The van der Waals surface area contributed by atoms with Crippen LogP contribution in [-0.4, -0.2) is 19.8 Å². The minimum absolute atomic E-state index is 0.121. The van der Waals surface area contributed by atoms with Crippen LogP contribution >= 0.6 is 0 Å². The average Bonchev–Trinajstić information content (AvgIpc) is 2.88. The van der Waals surface area contributed by atoms with Crippen molar-refractivity contribution in [3.05, 3.63) is 70.8 Å². The van der Waals surface area contributed by atoms with E-state index in [-0.39, 0.29) is 35.8 Å². The maximum absolute atomic E-state index is 15.2. The predicted octanol–water partition coefficient (Wildman–Crippen LogP) is 8.28. The fourth-order valence-corrected chi connectivity index (χ4v) is 3.72. The summed E-state index contributed by atoms with van der Waals surface area (Å²) in [5.41, 5.74) is -2.85. The van der Waals surface area contributed by atoms with Gasteiger partial charge in [0.2, 0.25) is 0 Å². The van der Waals surface area contributed by atoms with Crippen LogP contribution in [0.2, 0.25) is 0 Å². The van der Waals surface area contributed by atoms with Crippen molar-refractivity contribution in [2.24, 2.45) is 0 Å². The van der Waals surface area contributed by atoms with Gasteiger partial charge in [-0.2, -0.15) is 14.0 Å². The second-order valence-electron chi connectivity index (χ2n) is 8.65. The zero-order chi connectivity index (χ0) is 29.4. The first-order chi connectivity index (χ1) is 19.1. The Kier molecular flexibility index (Phi) is 10.2. The van der Waals surface area contributed by atoms with E-state index in [1.165, 1.54) is 18.2 Å². The van der Waals surface area contributed by atoms with E-state index in [0.717, 1.165) is 0 Å². The summed E-state index contributed by atoms with van der Waals surface area (Å²) in [7, 11) is 0. The van der Waals surface area contributed by atoms with Crippen molar-refractivity contribution in [3.63, 3.8) is 0 Å². The molecule has 5 nitrogen and oxygen atoms in total. The average molecular weight is 568 g/mol. The van der Waals surface area contributed by atoms with Crippen LogP contribution in [0.15, 0.2) is 36.4 Å². The van der Waals surface area contributed by atoms with E-state index in [4.69, 9.17) is 19.5 Å². The van der Waals surface area contributed by atoms with Gasteiger partial charge in [-0.1, -0.05) is 20.8 Å². The molecule has 0 aliphatic carbocycles. The molecule has 0 bridgehead atoms. The zero-order valence-electron chi connectivity index (χ0n) is 22.1. The van der Waals surface area contributed by atoms with Crippen molar-refractivity contribution < 1.29 is 45.3 Å². The van der Waals surface area contributed by atoms with Crippen molar-refractivity contribution in [2.45, 2.75) is 46.1 Å². The van der Waals surface area contributed by atoms with Crippen molar-refractivity contribution >= 4 is 0 Å². The Morgan fingerprint density at radius 2 is 1.15 bits per heavy atom. The largest absolute Gasteiger partial charge is 0.493 e. The van der Waals surface area contributed by atoms with Crippen LogP contribution in [0, 0.1) is 34.6 Å². The summed E-state index contributed by atoms with van der Waals surface area (Å²) >= 11 is 0. The first-order valence-corrected chi connectivity index (χ1v) is 12.6. The second kappa shape index (κ2) is 13.3. The summed E-state index contributed by atoms with van der Waals surface area (Å²) in [6.45, 7) is 6.49. The Labute approximate surface area is 227 Å². The number of nitrogens with zero attached hydrogens (tertiary/aromatic N) is 1. The summed E-state index contributed by atoms with van der Waals surface area (Å²) in [5, 5.41) is 8.74. The topological polar surface area (TPSA) is 60.7 Å². The highest BCUT2D eigenvalue weighted by Crippen LogP contribution is 2.45. The Balaban J connectivity index is 2.10. The van der Waals surface area contributed by atoms with Crippen LogP contribution in [0.5, 0.6) is 23.0 Å². The summed E-state index contributed by atoms with van der Waals surface area (Å²) in [4.78, 5) is 0. The third kappa shape index (κ3) is 6.92. The van der Waals surface area contributed by atoms with Gasteiger partial charge >= 0.3 is 6.11 Å². The van der Waals surface area contributed by atoms with E-state index in [2.05, 4.69) is 4.74 Å². The molecule has 0 unspecified atom stereocenters. The highest BCUT2D eigenvalue weighted by atomic mass is 19.3. The Hall–Kier alpha value is -4.07. The zero-order valence-corrected chi connectivity index (χ0v) is 22.1. The Morgan fingerprint density at radius 1 is 0.675 bits per heavy atom. The lowest BCUT2D eigenvalue weighted by Crippen LogP contribution is -2.25. The second-order valence-corrected chi connectivity index (χ2v) is 8.65. The van der Waals surface area contributed by atoms with E-state index in [0.29, 0.717) is 55.9 Å². The fraction of sp³-hybridized carbons (Fsp3) is 0.345. The summed E-state index contributed by atoms with van der Waals surface area (Å²) < 4.78 is 110. The van der Waals surface area contributed by atoms with Crippen LogP contribution in [0.3, 0.4) is 0 Å². The standard InChI is InChI=1S/C29H27F6NO4/c1-4-7-37-18-14-25(38-8-5-2)27(26(15-18)39-9-6-3)17-10-23(32)28(24(33)11-17)29(34,35)40-19-12-21(30)20(16-36)22(31)13-19/h10-15H,4-9H2,1-3H3. The molecule has 0 N–H and O–H groups in total. The van der Waals surface area contributed by atoms with Crippen molar-refractivity contribution in [1.82, 2.24) is 0 Å². The summed E-state index contributed by atoms with van der Waals surface area (Å²) in [5.74, 6) is -6.69. The normalized spacial score (nSPS) is 11.2. The molecule has 0 radical (unpaired) electrons. The van der Waals surface area contributed by atoms with E-state index in [1.807, 2.05) is 20.8 Å². The highest BCUT2D eigenvalue weighted by molar-refractivity contribution is 5.78. The minimum atomic E-state index is -4.68. The molecule has 0 amide bonds. The Bertz CT molecular complexity index is 1310. The number of hydrogen-bond donors (Lipinski definition) is 0. The van der Waals surface area contributed by atoms with Crippen molar-refractivity contribution in [1.29, 1.82) is 5.26 Å². The molecular formula is C29H27F6NO4. The van der Waals surface area contributed by atoms with Gasteiger partial charge in [-0.15, -0.1) is 0 Å². The lowest BCUT2D eigenvalue weighted by Gasteiger charge is -2.22. The van der Waals surface area contributed by atoms with Gasteiger partial charge in [-0.3, -0.25) is 0 Å². The molecule has 3 rings (SSSR count). The molecule has 0 spiro atoms. The van der Waals surface area contributed by atoms with Crippen LogP contribution < -0.4 is 18.9 Å². The van der Waals surface area contributed by atoms with E-state index >= 15 is 8.78 Å². The van der Waals surface area contributed by atoms with Gasteiger partial charge in [0.15, 0.2) is 0 Å². The molecule has 0 atom stereocenters. The fourth-order valence-electron chi connectivity index (χ4n) is 3.72. The molecular weight excluding hydrogens is 540 g/mol. The number of halogens is 6. The number of ether oxygens (including phenoxy) is 4. The number of rotatable bonds is 13. The van der Waals surface area contributed by atoms with E-state index < -0.39 is 46.3 Å². The molecule has 40 heavy (non-hydrogen) atoms. The van der Waals surface area contributed by atoms with Gasteiger partial charge < -0.3 is 18.9 Å². The van der Waals surface area contributed by atoms with Gasteiger partial charge in [0, 0.05) is 24.3 Å². The van der Waals surface area contributed by atoms with Gasteiger partial charge in [0.25, 0.3) is 0 Å². The maximum Gasteiger partial charge on any atom is 0.432 e. The molecule has 0 aromatic heterocycles. The lowest BCUT2D eigenvalue weighted by atomic mass is 10.00. The molecule has 0 aliphatic rings. The number of hydrogen-bond acceptors (Lipinski definition) is 5. The van der Waals surface area contributed by atoms with Gasteiger partial charge in [0.1, 0.15) is 63.5 Å². The molecule has 0 fully saturated rings. The third-order valence-electron chi connectivity index (χ3n) is 5.43. The van der Waals surface area contributed by atoms with Crippen LogP contribution in [-0.2, 0) is 6.11 Å². The molecule has 0 saturated heterocycles. The Morgan fingerprint density at radius 3 is 1.60 bits per heavy atom. The summed E-state index contributed by atoms with van der Waals surface area (Å²) in [6, 6.07) is 6.23. The monoisotopic (exact) mass is 567 g/mol. The predicted molar refractivity (Wildman–Crippen MR) is 135 cm³/mol. The molecule has 0 aliphatic heterocycles. The molecule has 11 heteroatoms. The van der Waals surface area contributed by atoms with Crippen LogP contribution in [0.1, 0.15) is 51.2 Å². The smallest absolute Gasteiger partial charge is 0.432 e. The van der Waals surface area contributed by atoms with Crippen LogP contribution in [0.25, 0.3) is 11.1 Å². The first kappa shape index (κ1) is 30.5. The third-order valence-corrected chi connectivity index (χ3v) is 5.43. The lowest BCUT2D eigenvalue weighted by molar-refractivity contribution is -0.189. The quantitative estimate of drug-likeness (QED) is 0.195. The first-order valence-electron chi connectivity index (χ1n) is 12.6. The van der Waals surface area contributed by atoms with Gasteiger partial charge in [-0.25, -0.2) is 17.6 Å². The molecule has 3 aromatic rings. The molecule has 0 saturated carbocycles. The SMILES string of the molecule is CCCOc1cc(OCCC)c(-c2cc(F)c(C(F)(F)Oc3cc(F)c(C#N)c(F)c3)c(F)c2)c(OCCC)c1. The summed E-state index contributed by atoms with van der Waals surface area (Å²) in [6.07, 6.45) is -2.76. The number of alkyl halides is 2. The number of nitriles is 1. The highest BCUT2D eigenvalue weighted by Gasteiger charge is 2.42. The molecule has 0 heterocycles. The van der Waals surface area contributed by atoms with E-state index in [1.54, 1.807) is 0 Å². The molecule has 214 valence electrons. The van der Waals surface area contributed by atoms with Gasteiger partial charge in [0.05, 0.1) is 25.4 Å². The molecule has 3 aromatic carbocycles. The van der Waals surface area contributed by atoms with Crippen LogP contribution in [0.4, 0.5) is 26.3 Å².